The second-order valence-corrected chi connectivity index (χ2v) is 4.07. The van der Waals surface area contributed by atoms with E-state index in [2.05, 4.69) is 0 Å². The van der Waals surface area contributed by atoms with Crippen LogP contribution in [0.1, 0.15) is 25.7 Å². The van der Waals surface area contributed by atoms with Crippen LogP contribution in [0.25, 0.3) is 0 Å². The van der Waals surface area contributed by atoms with Crippen LogP contribution in [0.5, 0.6) is 0 Å². The van der Waals surface area contributed by atoms with Crippen LogP contribution in [-0.4, -0.2) is 38.3 Å². The molecule has 3 atom stereocenters. The van der Waals surface area contributed by atoms with Crippen molar-refractivity contribution in [1.29, 1.82) is 0 Å². The maximum absolute atomic E-state index is 5.87. The maximum atomic E-state index is 5.87. The van der Waals surface area contributed by atoms with Crippen LogP contribution in [0, 0.1) is 0 Å². The number of hydrogen-bond acceptors (Lipinski definition) is 4. The van der Waals surface area contributed by atoms with Gasteiger partial charge in [0, 0.05) is 20.1 Å². The molecule has 2 aliphatic rings. The molecule has 1 aliphatic heterocycles. The monoisotopic (exact) mass is 201 g/mol. The van der Waals surface area contributed by atoms with Gasteiger partial charge in [0.25, 0.3) is 0 Å². The van der Waals surface area contributed by atoms with E-state index >= 15 is 0 Å². The minimum Gasteiger partial charge on any atom is -0.376 e. The first-order chi connectivity index (χ1) is 6.80. The Labute approximate surface area is 84.7 Å². The van der Waals surface area contributed by atoms with Crippen molar-refractivity contribution in [2.24, 2.45) is 5.73 Å². The van der Waals surface area contributed by atoms with Gasteiger partial charge in [-0.2, -0.15) is 0 Å². The summed E-state index contributed by atoms with van der Waals surface area (Å²) in [5.74, 6) is -0.489. The van der Waals surface area contributed by atoms with Crippen molar-refractivity contribution in [1.82, 2.24) is 0 Å². The highest BCUT2D eigenvalue weighted by Gasteiger charge is 2.49. The second-order valence-electron chi connectivity index (χ2n) is 4.07. The lowest BCUT2D eigenvalue weighted by molar-refractivity contribution is -0.249. The number of methoxy groups -OCH3 is 1. The van der Waals surface area contributed by atoms with E-state index in [1.54, 1.807) is 7.11 Å². The van der Waals surface area contributed by atoms with Crippen LogP contribution in [-0.2, 0) is 14.2 Å². The van der Waals surface area contributed by atoms with E-state index in [0.29, 0.717) is 13.2 Å². The SMILES string of the molecule is COC1CCCCC12OCC(CN)O2. The van der Waals surface area contributed by atoms with E-state index in [4.69, 9.17) is 19.9 Å². The molecule has 0 aromatic rings. The predicted octanol–water partition coefficient (Wildman–Crippen LogP) is 0.646. The zero-order valence-corrected chi connectivity index (χ0v) is 8.70. The molecule has 1 spiro atoms. The molecule has 0 bridgehead atoms. The molecule has 4 heteroatoms. The molecule has 2 fully saturated rings. The molecule has 1 saturated carbocycles. The summed E-state index contributed by atoms with van der Waals surface area (Å²) in [7, 11) is 1.72. The Morgan fingerprint density at radius 1 is 1.50 bits per heavy atom. The lowest BCUT2D eigenvalue weighted by Gasteiger charge is -2.38. The minimum absolute atomic E-state index is 0.0470. The highest BCUT2D eigenvalue weighted by molar-refractivity contribution is 4.90. The van der Waals surface area contributed by atoms with Crippen LogP contribution in [0.2, 0.25) is 0 Å². The molecular weight excluding hydrogens is 182 g/mol. The fraction of sp³-hybridized carbons (Fsp3) is 1.00. The molecule has 14 heavy (non-hydrogen) atoms. The topological polar surface area (TPSA) is 53.7 Å². The van der Waals surface area contributed by atoms with Gasteiger partial charge in [0.15, 0.2) is 5.79 Å². The summed E-state index contributed by atoms with van der Waals surface area (Å²) in [6, 6.07) is 0. The molecule has 4 nitrogen and oxygen atoms in total. The summed E-state index contributed by atoms with van der Waals surface area (Å²) in [5, 5.41) is 0. The van der Waals surface area contributed by atoms with Crippen molar-refractivity contribution in [3.8, 4) is 0 Å². The van der Waals surface area contributed by atoms with Gasteiger partial charge in [-0.05, 0) is 12.8 Å². The minimum atomic E-state index is -0.489. The Morgan fingerprint density at radius 2 is 2.36 bits per heavy atom. The van der Waals surface area contributed by atoms with E-state index in [9.17, 15) is 0 Å². The zero-order chi connectivity index (χ0) is 10.0. The summed E-state index contributed by atoms with van der Waals surface area (Å²) in [5.41, 5.74) is 5.56. The molecule has 1 saturated heterocycles. The van der Waals surface area contributed by atoms with Crippen molar-refractivity contribution in [2.45, 2.75) is 43.7 Å². The summed E-state index contributed by atoms with van der Waals surface area (Å²) in [6.45, 7) is 1.13. The lowest BCUT2D eigenvalue weighted by atomic mass is 9.91. The number of nitrogens with two attached hydrogens (primary N) is 1. The van der Waals surface area contributed by atoms with Gasteiger partial charge in [0.2, 0.25) is 0 Å². The van der Waals surface area contributed by atoms with Crippen molar-refractivity contribution in [3.63, 3.8) is 0 Å². The van der Waals surface area contributed by atoms with Crippen molar-refractivity contribution < 1.29 is 14.2 Å². The molecule has 0 amide bonds. The Balaban J connectivity index is 2.05. The average molecular weight is 201 g/mol. The van der Waals surface area contributed by atoms with Crippen molar-refractivity contribution in [2.75, 3.05) is 20.3 Å². The van der Waals surface area contributed by atoms with Crippen LogP contribution >= 0.6 is 0 Å². The first-order valence-corrected chi connectivity index (χ1v) is 5.35. The Bertz CT molecular complexity index is 200. The van der Waals surface area contributed by atoms with Gasteiger partial charge in [-0.1, -0.05) is 6.42 Å². The van der Waals surface area contributed by atoms with Crippen LogP contribution < -0.4 is 5.73 Å². The highest BCUT2D eigenvalue weighted by atomic mass is 16.8. The number of rotatable bonds is 2. The third-order valence-electron chi connectivity index (χ3n) is 3.16. The average Bonchev–Trinajstić information content (AvgIpc) is 2.63. The zero-order valence-electron chi connectivity index (χ0n) is 8.70. The normalized spacial score (nSPS) is 43.3. The molecule has 0 aromatic heterocycles. The molecule has 0 radical (unpaired) electrons. The fourth-order valence-electron chi connectivity index (χ4n) is 2.38. The molecule has 3 unspecified atom stereocenters. The quantitative estimate of drug-likeness (QED) is 0.712. The van der Waals surface area contributed by atoms with Crippen LogP contribution in [0.4, 0.5) is 0 Å². The van der Waals surface area contributed by atoms with E-state index in [-0.39, 0.29) is 12.2 Å². The number of ether oxygens (including phenoxy) is 3. The van der Waals surface area contributed by atoms with E-state index in [0.717, 1.165) is 19.3 Å². The van der Waals surface area contributed by atoms with Gasteiger partial charge >= 0.3 is 0 Å². The summed E-state index contributed by atoms with van der Waals surface area (Å²) in [4.78, 5) is 0. The Morgan fingerprint density at radius 3 is 3.00 bits per heavy atom. The molecule has 82 valence electrons. The van der Waals surface area contributed by atoms with Gasteiger partial charge < -0.3 is 19.9 Å². The van der Waals surface area contributed by atoms with Crippen molar-refractivity contribution in [3.05, 3.63) is 0 Å². The lowest BCUT2D eigenvalue weighted by Crippen LogP contribution is -2.47. The standard InChI is InChI=1S/C10H19NO3/c1-12-9-4-2-3-5-10(9)13-7-8(6-11)14-10/h8-9H,2-7,11H2,1H3. The van der Waals surface area contributed by atoms with Gasteiger partial charge in [-0.25, -0.2) is 0 Å². The van der Waals surface area contributed by atoms with Crippen LogP contribution in [0.3, 0.4) is 0 Å². The first kappa shape index (κ1) is 10.4. The Kier molecular flexibility index (Phi) is 3.07. The van der Waals surface area contributed by atoms with E-state index in [1.807, 2.05) is 0 Å². The van der Waals surface area contributed by atoms with Gasteiger partial charge in [-0.3, -0.25) is 0 Å². The van der Waals surface area contributed by atoms with Crippen LogP contribution in [0.15, 0.2) is 0 Å². The molecule has 2 rings (SSSR count). The van der Waals surface area contributed by atoms with Gasteiger partial charge in [0.1, 0.15) is 6.10 Å². The molecular formula is C10H19NO3. The van der Waals surface area contributed by atoms with E-state index in [1.165, 1.54) is 6.42 Å². The van der Waals surface area contributed by atoms with E-state index < -0.39 is 5.79 Å². The number of hydrogen-bond donors (Lipinski definition) is 1. The highest BCUT2D eigenvalue weighted by Crippen LogP contribution is 2.39. The molecule has 0 aromatic carbocycles. The smallest absolute Gasteiger partial charge is 0.195 e. The summed E-state index contributed by atoms with van der Waals surface area (Å²) >= 11 is 0. The third-order valence-corrected chi connectivity index (χ3v) is 3.16. The fourth-order valence-corrected chi connectivity index (χ4v) is 2.38. The van der Waals surface area contributed by atoms with Gasteiger partial charge in [0.05, 0.1) is 12.7 Å². The molecule has 1 heterocycles. The molecule has 2 N–H and O–H groups in total. The predicted molar refractivity (Wildman–Crippen MR) is 51.9 cm³/mol. The first-order valence-electron chi connectivity index (χ1n) is 5.35. The Hall–Kier alpha value is -0.160. The largest absolute Gasteiger partial charge is 0.376 e. The third kappa shape index (κ3) is 1.67. The van der Waals surface area contributed by atoms with Crippen molar-refractivity contribution >= 4 is 0 Å². The summed E-state index contributed by atoms with van der Waals surface area (Å²) < 4.78 is 17.1. The van der Waals surface area contributed by atoms with Gasteiger partial charge in [-0.15, -0.1) is 0 Å². The maximum Gasteiger partial charge on any atom is 0.195 e. The second kappa shape index (κ2) is 4.14. The molecule has 1 aliphatic carbocycles. The summed E-state index contributed by atoms with van der Waals surface area (Å²) in [6.07, 6.45) is 4.42.